The van der Waals surface area contributed by atoms with Crippen molar-refractivity contribution < 1.29 is 19.1 Å². The van der Waals surface area contributed by atoms with E-state index in [1.165, 1.54) is 7.11 Å². The molecule has 0 radical (unpaired) electrons. The van der Waals surface area contributed by atoms with Crippen molar-refractivity contribution in [3.05, 3.63) is 48.0 Å². The zero-order valence-corrected chi connectivity index (χ0v) is 13.5. The molecule has 0 aliphatic carbocycles. The third-order valence-corrected chi connectivity index (χ3v) is 3.27. The summed E-state index contributed by atoms with van der Waals surface area (Å²) in [7, 11) is 1.40. The predicted octanol–water partition coefficient (Wildman–Crippen LogP) is 3.55. The van der Waals surface area contributed by atoms with Gasteiger partial charge in [-0.05, 0) is 50.8 Å². The highest BCUT2D eigenvalue weighted by molar-refractivity contribution is 5.89. The summed E-state index contributed by atoms with van der Waals surface area (Å²) in [5.41, 5.74) is 1.50. The van der Waals surface area contributed by atoms with Crippen LogP contribution in [0.2, 0.25) is 0 Å². The molecule has 0 spiro atoms. The highest BCUT2D eigenvalue weighted by Gasteiger charge is 2.19. The maximum atomic E-state index is 11.8. The number of esters is 2. The van der Waals surface area contributed by atoms with Crippen LogP contribution in [0.15, 0.2) is 36.9 Å². The number of benzene rings is 1. The van der Waals surface area contributed by atoms with E-state index in [1.807, 2.05) is 26.0 Å². The van der Waals surface area contributed by atoms with E-state index in [4.69, 9.17) is 9.47 Å². The topological polar surface area (TPSA) is 52.6 Å². The largest absolute Gasteiger partial charge is 0.469 e. The molecule has 1 rings (SSSR count). The zero-order chi connectivity index (χ0) is 16.5. The van der Waals surface area contributed by atoms with E-state index in [0.29, 0.717) is 18.4 Å². The summed E-state index contributed by atoms with van der Waals surface area (Å²) in [5.74, 6) is -0.751. The van der Waals surface area contributed by atoms with Gasteiger partial charge in [-0.25, -0.2) is 4.79 Å². The first-order chi connectivity index (χ1) is 10.5. The molecular weight excluding hydrogens is 280 g/mol. The summed E-state index contributed by atoms with van der Waals surface area (Å²) in [4.78, 5) is 23.6. The van der Waals surface area contributed by atoms with Crippen molar-refractivity contribution in [1.82, 2.24) is 0 Å². The average Bonchev–Trinajstić information content (AvgIpc) is 2.50. The van der Waals surface area contributed by atoms with Crippen LogP contribution in [-0.4, -0.2) is 25.2 Å². The standard InChI is InChI=1S/C18H24O4/c1-5-6-7-16(17(19)21-4)12-14-8-10-15(11-9-14)18(20)22-13(2)3/h5,8-11,13,16H,1,6-7,12H2,2-4H3. The van der Waals surface area contributed by atoms with Gasteiger partial charge < -0.3 is 9.47 Å². The Bertz CT molecular complexity index is 502. The molecule has 22 heavy (non-hydrogen) atoms. The lowest BCUT2D eigenvalue weighted by Crippen LogP contribution is -2.18. The highest BCUT2D eigenvalue weighted by atomic mass is 16.5. The lowest BCUT2D eigenvalue weighted by Gasteiger charge is -2.14. The monoisotopic (exact) mass is 304 g/mol. The number of hydrogen-bond donors (Lipinski definition) is 0. The van der Waals surface area contributed by atoms with Gasteiger partial charge in [0, 0.05) is 0 Å². The van der Waals surface area contributed by atoms with E-state index in [0.717, 1.165) is 12.0 Å². The molecule has 0 fully saturated rings. The third kappa shape index (κ3) is 5.72. The average molecular weight is 304 g/mol. The van der Waals surface area contributed by atoms with E-state index >= 15 is 0 Å². The molecule has 0 aromatic heterocycles. The van der Waals surface area contributed by atoms with Crippen LogP contribution >= 0.6 is 0 Å². The summed E-state index contributed by atoms with van der Waals surface area (Å²) in [6.07, 6.45) is 3.70. The Labute approximate surface area is 132 Å². The SMILES string of the molecule is C=CCCC(Cc1ccc(C(=O)OC(C)C)cc1)C(=O)OC. The first-order valence-electron chi connectivity index (χ1n) is 7.46. The van der Waals surface area contributed by atoms with Crippen molar-refractivity contribution in [1.29, 1.82) is 0 Å². The normalized spacial score (nSPS) is 11.8. The summed E-state index contributed by atoms with van der Waals surface area (Å²) < 4.78 is 9.98. The summed E-state index contributed by atoms with van der Waals surface area (Å²) in [6.45, 7) is 7.30. The van der Waals surface area contributed by atoms with Crippen LogP contribution in [0.1, 0.15) is 42.6 Å². The number of ether oxygens (including phenoxy) is 2. The van der Waals surface area contributed by atoms with E-state index < -0.39 is 0 Å². The van der Waals surface area contributed by atoms with E-state index in [2.05, 4.69) is 6.58 Å². The molecule has 4 heteroatoms. The van der Waals surface area contributed by atoms with Gasteiger partial charge in [-0.2, -0.15) is 0 Å². The molecule has 0 bridgehead atoms. The van der Waals surface area contributed by atoms with Gasteiger partial charge in [-0.1, -0.05) is 18.2 Å². The Hall–Kier alpha value is -2.10. The van der Waals surface area contributed by atoms with Gasteiger partial charge >= 0.3 is 11.9 Å². The Morgan fingerprint density at radius 1 is 1.23 bits per heavy atom. The maximum absolute atomic E-state index is 11.8. The maximum Gasteiger partial charge on any atom is 0.338 e. The number of methoxy groups -OCH3 is 1. The Morgan fingerprint density at radius 2 is 1.86 bits per heavy atom. The van der Waals surface area contributed by atoms with Gasteiger partial charge in [0.2, 0.25) is 0 Å². The minimum Gasteiger partial charge on any atom is -0.469 e. The van der Waals surface area contributed by atoms with Crippen LogP contribution in [0.25, 0.3) is 0 Å². The zero-order valence-electron chi connectivity index (χ0n) is 13.5. The van der Waals surface area contributed by atoms with Crippen molar-refractivity contribution in [3.63, 3.8) is 0 Å². The molecule has 0 N–H and O–H groups in total. The van der Waals surface area contributed by atoms with E-state index in [9.17, 15) is 9.59 Å². The highest BCUT2D eigenvalue weighted by Crippen LogP contribution is 2.17. The molecule has 0 amide bonds. The lowest BCUT2D eigenvalue weighted by atomic mass is 9.94. The molecule has 0 saturated carbocycles. The minimum absolute atomic E-state index is 0.144. The van der Waals surface area contributed by atoms with E-state index in [-0.39, 0.29) is 24.0 Å². The second-order valence-corrected chi connectivity index (χ2v) is 5.44. The number of rotatable bonds is 8. The fraction of sp³-hybridized carbons (Fsp3) is 0.444. The van der Waals surface area contributed by atoms with Crippen LogP contribution in [-0.2, 0) is 20.7 Å². The molecule has 120 valence electrons. The second-order valence-electron chi connectivity index (χ2n) is 5.44. The van der Waals surface area contributed by atoms with Crippen molar-refractivity contribution in [2.75, 3.05) is 7.11 Å². The van der Waals surface area contributed by atoms with Crippen molar-refractivity contribution in [2.24, 2.45) is 5.92 Å². The molecule has 1 atom stereocenters. The fourth-order valence-corrected chi connectivity index (χ4v) is 2.13. The van der Waals surface area contributed by atoms with Crippen molar-refractivity contribution in [3.8, 4) is 0 Å². The fourth-order valence-electron chi connectivity index (χ4n) is 2.13. The minimum atomic E-state index is -0.335. The molecular formula is C18H24O4. The molecule has 0 heterocycles. The molecule has 1 unspecified atom stereocenters. The summed E-state index contributed by atoms with van der Waals surface area (Å²) in [5, 5.41) is 0. The van der Waals surface area contributed by atoms with Crippen molar-refractivity contribution >= 4 is 11.9 Å². The lowest BCUT2D eigenvalue weighted by molar-refractivity contribution is -0.145. The van der Waals surface area contributed by atoms with Crippen LogP contribution in [0.5, 0.6) is 0 Å². The summed E-state index contributed by atoms with van der Waals surface area (Å²) in [6, 6.07) is 7.14. The van der Waals surface area contributed by atoms with Crippen molar-refractivity contribution in [2.45, 2.75) is 39.2 Å². The van der Waals surface area contributed by atoms with Gasteiger partial charge in [0.15, 0.2) is 0 Å². The van der Waals surface area contributed by atoms with E-state index in [1.54, 1.807) is 18.2 Å². The van der Waals surface area contributed by atoms with Gasteiger partial charge in [-0.3, -0.25) is 4.79 Å². The Morgan fingerprint density at radius 3 is 2.36 bits per heavy atom. The first-order valence-corrected chi connectivity index (χ1v) is 7.46. The smallest absolute Gasteiger partial charge is 0.338 e. The Balaban J connectivity index is 2.73. The molecule has 0 aliphatic heterocycles. The van der Waals surface area contributed by atoms with Crippen LogP contribution in [0.4, 0.5) is 0 Å². The summed E-state index contributed by atoms with van der Waals surface area (Å²) >= 11 is 0. The van der Waals surface area contributed by atoms with Gasteiger partial charge in [0.05, 0.1) is 24.7 Å². The van der Waals surface area contributed by atoms with Gasteiger partial charge in [0.1, 0.15) is 0 Å². The molecule has 0 aliphatic rings. The number of carbonyl (C=O) groups is 2. The van der Waals surface area contributed by atoms with Crippen LogP contribution in [0.3, 0.4) is 0 Å². The molecule has 1 aromatic carbocycles. The first kappa shape index (κ1) is 18.0. The molecule has 4 nitrogen and oxygen atoms in total. The van der Waals surface area contributed by atoms with Crippen LogP contribution < -0.4 is 0 Å². The Kier molecular flexibility index (Phi) is 7.37. The quantitative estimate of drug-likeness (QED) is 0.544. The molecule has 1 aromatic rings. The second kappa shape index (κ2) is 9.03. The number of allylic oxidation sites excluding steroid dienone is 1. The van der Waals surface area contributed by atoms with Gasteiger partial charge in [0.25, 0.3) is 0 Å². The van der Waals surface area contributed by atoms with Gasteiger partial charge in [-0.15, -0.1) is 6.58 Å². The number of carbonyl (C=O) groups excluding carboxylic acids is 2. The number of hydrogen-bond acceptors (Lipinski definition) is 4. The van der Waals surface area contributed by atoms with Crippen LogP contribution in [0, 0.1) is 5.92 Å². The molecule has 0 saturated heterocycles. The predicted molar refractivity (Wildman–Crippen MR) is 85.6 cm³/mol. The third-order valence-electron chi connectivity index (χ3n) is 3.27.